The summed E-state index contributed by atoms with van der Waals surface area (Å²) in [4.78, 5) is 32.7. The first-order valence-electron chi connectivity index (χ1n) is 12.1. The highest BCUT2D eigenvalue weighted by Gasteiger charge is 2.22. The maximum Gasteiger partial charge on any atom is 0.242 e. The van der Waals surface area contributed by atoms with Gasteiger partial charge in [0.25, 0.3) is 0 Å². The summed E-state index contributed by atoms with van der Waals surface area (Å²) >= 11 is 0. The molecule has 35 heavy (non-hydrogen) atoms. The maximum absolute atomic E-state index is 13.2. The minimum Gasteiger partial charge on any atom is -0.493 e. The average molecular weight is 481 g/mol. The molecule has 0 saturated heterocycles. The lowest BCUT2D eigenvalue weighted by Crippen LogP contribution is -2.36. The Hall–Kier alpha value is -3.55. The molecule has 0 aliphatic carbocycles. The molecule has 1 N–H and O–H groups in total. The fraction of sp³-hybridized carbons (Fsp3) is 0.444. The number of rotatable bonds is 12. The van der Waals surface area contributed by atoms with Crippen LogP contribution >= 0.6 is 0 Å². The van der Waals surface area contributed by atoms with Gasteiger partial charge in [-0.05, 0) is 49.6 Å². The van der Waals surface area contributed by atoms with Crippen molar-refractivity contribution in [3.8, 4) is 11.5 Å². The first-order chi connectivity index (χ1) is 16.9. The third-order valence-corrected chi connectivity index (χ3v) is 5.89. The van der Waals surface area contributed by atoms with E-state index in [2.05, 4.69) is 19.2 Å². The van der Waals surface area contributed by atoms with E-state index in [-0.39, 0.29) is 30.8 Å². The summed E-state index contributed by atoms with van der Waals surface area (Å²) in [5.41, 5.74) is 2.49. The van der Waals surface area contributed by atoms with Crippen molar-refractivity contribution >= 4 is 22.8 Å². The second kappa shape index (κ2) is 12.2. The molecule has 0 radical (unpaired) electrons. The molecule has 0 saturated carbocycles. The lowest BCUT2D eigenvalue weighted by atomic mass is 10.1. The van der Waals surface area contributed by atoms with Crippen LogP contribution in [0.25, 0.3) is 11.0 Å². The zero-order valence-corrected chi connectivity index (χ0v) is 21.3. The second-order valence-electron chi connectivity index (χ2n) is 8.58. The lowest BCUT2D eigenvalue weighted by Gasteiger charge is -2.23. The number of carbonyl (C=O) groups is 2. The summed E-state index contributed by atoms with van der Waals surface area (Å²) in [6, 6.07) is 12.8. The largest absolute Gasteiger partial charge is 0.493 e. The van der Waals surface area contributed by atoms with Gasteiger partial charge in [0, 0.05) is 13.1 Å². The van der Waals surface area contributed by atoms with Crippen molar-refractivity contribution < 1.29 is 19.1 Å². The van der Waals surface area contributed by atoms with Gasteiger partial charge in [0.05, 0.1) is 37.7 Å². The number of hydrogen-bond acceptors (Lipinski definition) is 5. The number of aromatic nitrogens is 2. The van der Waals surface area contributed by atoms with Gasteiger partial charge in [-0.15, -0.1) is 0 Å². The number of amides is 2. The van der Waals surface area contributed by atoms with Crippen LogP contribution in [0.5, 0.6) is 11.5 Å². The van der Waals surface area contributed by atoms with Gasteiger partial charge in [-0.1, -0.05) is 32.0 Å². The summed E-state index contributed by atoms with van der Waals surface area (Å²) in [6.45, 7) is 7.68. The van der Waals surface area contributed by atoms with Crippen LogP contribution in [0.4, 0.5) is 0 Å². The maximum atomic E-state index is 13.2. The molecule has 3 rings (SSSR count). The Bertz CT molecular complexity index is 1150. The number of methoxy groups -OCH3 is 2. The van der Waals surface area contributed by atoms with Crippen LogP contribution in [-0.4, -0.2) is 53.6 Å². The molecule has 1 heterocycles. The van der Waals surface area contributed by atoms with Crippen LogP contribution in [0.1, 0.15) is 51.0 Å². The molecule has 0 aliphatic rings. The number of hydrogen-bond donors (Lipinski definition) is 1. The van der Waals surface area contributed by atoms with E-state index in [1.165, 1.54) is 0 Å². The smallest absolute Gasteiger partial charge is 0.242 e. The van der Waals surface area contributed by atoms with Gasteiger partial charge >= 0.3 is 0 Å². The Balaban J connectivity index is 1.81. The highest BCUT2D eigenvalue weighted by atomic mass is 16.5. The van der Waals surface area contributed by atoms with Crippen molar-refractivity contribution in [1.29, 1.82) is 0 Å². The molecule has 1 atom stereocenters. The number of benzene rings is 2. The Morgan fingerprint density at radius 1 is 1.03 bits per heavy atom. The van der Waals surface area contributed by atoms with Crippen LogP contribution in [0.2, 0.25) is 0 Å². The zero-order chi connectivity index (χ0) is 25.4. The molecule has 1 unspecified atom stereocenters. The molecule has 3 aromatic rings. The van der Waals surface area contributed by atoms with Crippen molar-refractivity contribution in [1.82, 2.24) is 19.8 Å². The first-order valence-corrected chi connectivity index (χ1v) is 12.1. The fourth-order valence-electron chi connectivity index (χ4n) is 4.26. The average Bonchev–Trinajstić information content (AvgIpc) is 3.22. The van der Waals surface area contributed by atoms with E-state index < -0.39 is 0 Å². The fourth-order valence-corrected chi connectivity index (χ4v) is 4.26. The van der Waals surface area contributed by atoms with E-state index in [1.807, 2.05) is 46.7 Å². The Morgan fingerprint density at radius 3 is 2.37 bits per heavy atom. The summed E-state index contributed by atoms with van der Waals surface area (Å²) < 4.78 is 12.5. The van der Waals surface area contributed by atoms with Gasteiger partial charge < -0.3 is 24.3 Å². The van der Waals surface area contributed by atoms with Crippen LogP contribution in [0.3, 0.4) is 0 Å². The predicted molar refractivity (Wildman–Crippen MR) is 137 cm³/mol. The quantitative estimate of drug-likeness (QED) is 0.421. The van der Waals surface area contributed by atoms with Gasteiger partial charge in [0.2, 0.25) is 11.8 Å². The Morgan fingerprint density at radius 2 is 1.71 bits per heavy atom. The molecule has 8 heteroatoms. The molecule has 0 aliphatic heterocycles. The minimum atomic E-state index is -0.381. The topological polar surface area (TPSA) is 85.7 Å². The summed E-state index contributed by atoms with van der Waals surface area (Å²) in [7, 11) is 3.14. The van der Waals surface area contributed by atoms with Crippen molar-refractivity contribution in [2.45, 2.75) is 52.6 Å². The van der Waals surface area contributed by atoms with Crippen molar-refractivity contribution in [2.24, 2.45) is 0 Å². The SMILES string of the molecule is CCCN(CCC)C(=O)Cn1c(C(C)NC(=O)Cc2ccc(OC)c(OC)c2)nc2ccccc21. The molecule has 0 spiro atoms. The van der Waals surface area contributed by atoms with E-state index in [4.69, 9.17) is 14.5 Å². The second-order valence-corrected chi connectivity index (χ2v) is 8.58. The van der Waals surface area contributed by atoms with Crippen molar-refractivity contribution in [3.63, 3.8) is 0 Å². The van der Waals surface area contributed by atoms with E-state index in [0.29, 0.717) is 17.3 Å². The van der Waals surface area contributed by atoms with E-state index in [1.54, 1.807) is 26.4 Å². The third-order valence-electron chi connectivity index (χ3n) is 5.89. The monoisotopic (exact) mass is 480 g/mol. The molecule has 2 aromatic carbocycles. The van der Waals surface area contributed by atoms with Crippen molar-refractivity contribution in [2.75, 3.05) is 27.3 Å². The van der Waals surface area contributed by atoms with Crippen molar-refractivity contribution in [3.05, 3.63) is 53.9 Å². The Kier molecular flexibility index (Phi) is 9.11. The molecule has 0 bridgehead atoms. The van der Waals surface area contributed by atoms with Crippen LogP contribution in [-0.2, 0) is 22.6 Å². The molecule has 8 nitrogen and oxygen atoms in total. The van der Waals surface area contributed by atoms with E-state index in [9.17, 15) is 9.59 Å². The highest BCUT2D eigenvalue weighted by molar-refractivity contribution is 5.82. The number of fused-ring (bicyclic) bond motifs is 1. The number of para-hydroxylation sites is 2. The van der Waals surface area contributed by atoms with E-state index >= 15 is 0 Å². The predicted octanol–water partition coefficient (Wildman–Crippen LogP) is 4.12. The molecule has 0 fully saturated rings. The van der Waals surface area contributed by atoms with Crippen LogP contribution in [0, 0.1) is 0 Å². The van der Waals surface area contributed by atoms with Gasteiger partial charge in [-0.3, -0.25) is 9.59 Å². The molecular weight excluding hydrogens is 444 g/mol. The van der Waals surface area contributed by atoms with Gasteiger partial charge in [-0.25, -0.2) is 4.98 Å². The number of nitrogens with zero attached hydrogens (tertiary/aromatic N) is 3. The normalized spacial score (nSPS) is 11.8. The summed E-state index contributed by atoms with van der Waals surface area (Å²) in [5, 5.41) is 3.05. The van der Waals surface area contributed by atoms with Gasteiger partial charge in [-0.2, -0.15) is 0 Å². The number of ether oxygens (including phenoxy) is 2. The van der Waals surface area contributed by atoms with Crippen LogP contribution in [0.15, 0.2) is 42.5 Å². The lowest BCUT2D eigenvalue weighted by molar-refractivity contribution is -0.131. The number of nitrogens with one attached hydrogen (secondary N) is 1. The third kappa shape index (κ3) is 6.32. The summed E-state index contributed by atoms with van der Waals surface area (Å²) in [6.07, 6.45) is 2.00. The number of carbonyl (C=O) groups excluding carboxylic acids is 2. The zero-order valence-electron chi connectivity index (χ0n) is 21.3. The molecular formula is C27H36N4O4. The Labute approximate surface area is 207 Å². The number of imidazole rings is 1. The van der Waals surface area contributed by atoms with Gasteiger partial charge in [0.1, 0.15) is 12.4 Å². The molecule has 1 aromatic heterocycles. The summed E-state index contributed by atoms with van der Waals surface area (Å²) in [5.74, 6) is 1.77. The minimum absolute atomic E-state index is 0.0574. The standard InChI is InChI=1S/C27H36N4O4/c1-6-14-30(15-7-2)26(33)18-31-22-11-9-8-10-21(22)29-27(31)19(3)28-25(32)17-20-12-13-23(34-4)24(16-20)35-5/h8-13,16,19H,6-7,14-15,17-18H2,1-5H3,(H,28,32). The molecule has 188 valence electrons. The highest BCUT2D eigenvalue weighted by Crippen LogP contribution is 2.28. The first kappa shape index (κ1) is 26.1. The van der Waals surface area contributed by atoms with Gasteiger partial charge in [0.15, 0.2) is 11.5 Å². The van der Waals surface area contributed by atoms with Crippen LogP contribution < -0.4 is 14.8 Å². The molecule has 2 amide bonds. The van der Waals surface area contributed by atoms with E-state index in [0.717, 1.165) is 42.5 Å².